The summed E-state index contributed by atoms with van der Waals surface area (Å²) in [6, 6.07) is 8.69. The van der Waals surface area contributed by atoms with Crippen molar-refractivity contribution >= 4 is 15.5 Å². The number of fused-ring (bicyclic) bond motifs is 6. The van der Waals surface area contributed by atoms with Crippen molar-refractivity contribution in [2.75, 3.05) is 12.0 Å². The molecule has 1 saturated carbocycles. The third kappa shape index (κ3) is 4.25. The number of aromatic nitrogens is 3. The van der Waals surface area contributed by atoms with Gasteiger partial charge in [-0.05, 0) is 54.5 Å². The molecule has 3 heterocycles. The smallest absolute Gasteiger partial charge is 0.266 e. The van der Waals surface area contributed by atoms with Gasteiger partial charge < -0.3 is 4.42 Å². The first-order chi connectivity index (χ1) is 19.0. The zero-order valence-electron chi connectivity index (χ0n) is 22.2. The number of allylic oxidation sites excluding steroid dienone is 1. The van der Waals surface area contributed by atoms with Crippen molar-refractivity contribution in [1.82, 2.24) is 15.2 Å². The third-order valence-electron chi connectivity index (χ3n) is 8.63. The van der Waals surface area contributed by atoms with Crippen LogP contribution in [0.5, 0.6) is 0 Å². The molecule has 3 aromatic rings. The van der Waals surface area contributed by atoms with Crippen LogP contribution in [0.15, 0.2) is 57.1 Å². The van der Waals surface area contributed by atoms with Gasteiger partial charge in [-0.2, -0.15) is 10.2 Å². The number of rotatable bonds is 6. The van der Waals surface area contributed by atoms with Gasteiger partial charge in [-0.1, -0.05) is 37.8 Å². The lowest BCUT2D eigenvalue weighted by molar-refractivity contribution is 0.122. The molecule has 0 amide bonds. The Hall–Kier alpha value is -3.78. The number of azo groups is 1. The van der Waals surface area contributed by atoms with Gasteiger partial charge in [0, 0.05) is 18.6 Å². The molecule has 2 aromatic heterocycles. The van der Waals surface area contributed by atoms with Crippen LogP contribution < -0.4 is 0 Å². The highest BCUT2D eigenvalue weighted by Crippen LogP contribution is 2.63. The highest BCUT2D eigenvalue weighted by Gasteiger charge is 2.62. The number of hydrogen-bond donors (Lipinski definition) is 0. The largest absolute Gasteiger partial charge is 0.419 e. The minimum atomic E-state index is -3.18. The lowest BCUT2D eigenvalue weighted by Crippen LogP contribution is -2.48. The Morgan fingerprint density at radius 1 is 1.07 bits per heavy atom. The molecule has 206 valence electrons. The van der Waals surface area contributed by atoms with Crippen molar-refractivity contribution in [3.63, 3.8) is 0 Å². The normalized spacial score (nSPS) is 28.5. The van der Waals surface area contributed by atoms with Gasteiger partial charge in [0.1, 0.15) is 33.2 Å². The Bertz CT molecular complexity index is 1720. The van der Waals surface area contributed by atoms with Gasteiger partial charge in [-0.3, -0.25) is 0 Å². The van der Waals surface area contributed by atoms with E-state index in [4.69, 9.17) is 9.40 Å². The molecule has 2 aliphatic carbocycles. The monoisotopic (exact) mass is 563 g/mol. The second-order valence-corrected chi connectivity index (χ2v) is 13.5. The zero-order chi connectivity index (χ0) is 28.3. The van der Waals surface area contributed by atoms with Crippen LogP contribution in [0.25, 0.3) is 17.3 Å². The van der Waals surface area contributed by atoms with E-state index in [1.54, 1.807) is 12.1 Å². The van der Waals surface area contributed by atoms with Crippen molar-refractivity contribution in [2.24, 2.45) is 27.5 Å². The molecule has 3 aliphatic rings. The molecule has 2 unspecified atom stereocenters. The second kappa shape index (κ2) is 9.41. The molecule has 1 aliphatic heterocycles. The lowest BCUT2D eigenvalue weighted by atomic mass is 9.58. The maximum atomic E-state index is 14.7. The molecule has 4 bridgehead atoms. The average Bonchev–Trinajstić information content (AvgIpc) is 3.45. The molecule has 4 atom stereocenters. The van der Waals surface area contributed by atoms with Gasteiger partial charge in [0.25, 0.3) is 5.89 Å². The van der Waals surface area contributed by atoms with E-state index in [1.807, 2.05) is 12.1 Å². The number of benzene rings is 1. The molecule has 8 nitrogen and oxygen atoms in total. The van der Waals surface area contributed by atoms with E-state index >= 15 is 0 Å². The van der Waals surface area contributed by atoms with Crippen molar-refractivity contribution in [1.29, 1.82) is 0 Å². The van der Waals surface area contributed by atoms with Crippen LogP contribution >= 0.6 is 0 Å². The highest BCUT2D eigenvalue weighted by molar-refractivity contribution is 7.90. The number of halogens is 2. The third-order valence-corrected chi connectivity index (χ3v) is 9.58. The van der Waals surface area contributed by atoms with E-state index in [0.29, 0.717) is 5.69 Å². The first-order valence-electron chi connectivity index (χ1n) is 13.1. The summed E-state index contributed by atoms with van der Waals surface area (Å²) in [6.07, 6.45) is 4.59. The van der Waals surface area contributed by atoms with Gasteiger partial charge in [0.2, 0.25) is 5.89 Å². The van der Waals surface area contributed by atoms with Gasteiger partial charge in [-0.15, -0.1) is 10.2 Å². The fourth-order valence-corrected chi connectivity index (χ4v) is 7.07. The summed E-state index contributed by atoms with van der Waals surface area (Å²) in [4.78, 5) is 4.96. The Kier molecular flexibility index (Phi) is 6.22. The first-order valence-corrected chi connectivity index (χ1v) is 15.1. The van der Waals surface area contributed by atoms with Gasteiger partial charge in [0.15, 0.2) is 0 Å². The Morgan fingerprint density at radius 2 is 1.82 bits per heavy atom. The zero-order valence-corrected chi connectivity index (χ0v) is 23.0. The predicted octanol–water partition coefficient (Wildman–Crippen LogP) is 5.18. The fourth-order valence-electron chi connectivity index (χ4n) is 6.53. The number of aryl methyl sites for hydroxylation is 1. The summed E-state index contributed by atoms with van der Waals surface area (Å²) < 4.78 is 58.3. The Balaban J connectivity index is 1.42. The predicted molar refractivity (Wildman–Crippen MR) is 143 cm³/mol. The summed E-state index contributed by atoms with van der Waals surface area (Å²) in [7, 11) is -3.18. The van der Waals surface area contributed by atoms with Crippen molar-refractivity contribution < 1.29 is 21.6 Å². The van der Waals surface area contributed by atoms with E-state index < -0.39 is 32.9 Å². The first kappa shape index (κ1) is 26.4. The highest BCUT2D eigenvalue weighted by atomic mass is 32.2. The van der Waals surface area contributed by atoms with Crippen LogP contribution in [-0.2, 0) is 21.7 Å². The topological polar surface area (TPSA) is 111 Å². The molecular weight excluding hydrogens is 536 g/mol. The van der Waals surface area contributed by atoms with E-state index in [1.165, 1.54) is 18.2 Å². The summed E-state index contributed by atoms with van der Waals surface area (Å²) in [5.41, 5.74) is 0.121. The van der Waals surface area contributed by atoms with Crippen molar-refractivity contribution in [3.8, 4) is 23.4 Å². The number of pyridine rings is 1. The summed E-state index contributed by atoms with van der Waals surface area (Å²) in [5, 5.41) is 17.1. The summed E-state index contributed by atoms with van der Waals surface area (Å²) in [5.74, 6) is 5.36. The van der Waals surface area contributed by atoms with Crippen LogP contribution in [0.2, 0.25) is 0 Å². The van der Waals surface area contributed by atoms with E-state index in [2.05, 4.69) is 46.1 Å². The number of sulfone groups is 1. The molecule has 1 fully saturated rings. The van der Waals surface area contributed by atoms with Crippen LogP contribution in [0.4, 0.5) is 8.78 Å². The van der Waals surface area contributed by atoms with E-state index in [-0.39, 0.29) is 52.5 Å². The molecule has 0 radical (unpaired) electrons. The minimum Gasteiger partial charge on any atom is -0.419 e. The van der Waals surface area contributed by atoms with Crippen LogP contribution in [0.1, 0.15) is 43.8 Å². The van der Waals surface area contributed by atoms with Crippen molar-refractivity contribution in [3.05, 3.63) is 71.3 Å². The summed E-state index contributed by atoms with van der Waals surface area (Å²) >= 11 is 0. The maximum Gasteiger partial charge on any atom is 0.266 e. The molecular formula is C29H27F2N5O3S. The van der Waals surface area contributed by atoms with Gasteiger partial charge in [0.05, 0.1) is 28.1 Å². The van der Waals surface area contributed by atoms with Crippen molar-refractivity contribution in [2.45, 2.75) is 44.6 Å². The minimum absolute atomic E-state index is 0.0646. The molecule has 0 N–H and O–H groups in total. The molecule has 0 spiro atoms. The average molecular weight is 564 g/mol. The Morgan fingerprint density at radius 3 is 2.58 bits per heavy atom. The molecule has 1 aromatic carbocycles. The maximum absolute atomic E-state index is 14.7. The standard InChI is InChI=1S/C29H27F2N5O3S/c1-28(2)18-12-14-29(28,23-9-5-8-21(32-23)27-36-35-25(39-27)13-15-40(3,37)38)24-11-10-17(18)16-22(33-34-24)26-19(30)6-4-7-20(26)31/h4-9,16-18,24H,12-15H2,1-3H3/b22-16-,34-33-/t17?,18-,24?,29-/m0/s1. The molecule has 11 heteroatoms. The molecule has 0 saturated heterocycles. The molecule has 40 heavy (non-hydrogen) atoms. The number of hydrogen-bond acceptors (Lipinski definition) is 8. The Labute approximate surface area is 231 Å². The van der Waals surface area contributed by atoms with Crippen LogP contribution in [0, 0.1) is 40.7 Å². The quantitative estimate of drug-likeness (QED) is 0.382. The van der Waals surface area contributed by atoms with Gasteiger partial charge >= 0.3 is 0 Å². The number of nitrogens with zero attached hydrogens (tertiary/aromatic N) is 5. The lowest BCUT2D eigenvalue weighted by Gasteiger charge is -2.45. The van der Waals surface area contributed by atoms with E-state index in [9.17, 15) is 17.2 Å². The summed E-state index contributed by atoms with van der Waals surface area (Å²) in [6.45, 7) is 4.34. The second-order valence-electron chi connectivity index (χ2n) is 11.2. The SMILES string of the molecule is CC1(C)[C@H]2CC[C@]1(c1cccc(-c3nnc(CCS(C)(=O)=O)o3)n1)C1C#CC2/C=C(c2c(F)cccc2F)\N=N/1. The molecule has 6 rings (SSSR count). The van der Waals surface area contributed by atoms with Crippen LogP contribution in [0.3, 0.4) is 0 Å². The van der Waals surface area contributed by atoms with E-state index in [0.717, 1.165) is 24.8 Å². The van der Waals surface area contributed by atoms with Gasteiger partial charge in [-0.25, -0.2) is 22.2 Å². The fraction of sp³-hybridized carbons (Fsp3) is 0.414. The van der Waals surface area contributed by atoms with Crippen LogP contribution in [-0.4, -0.2) is 41.6 Å².